The predicted molar refractivity (Wildman–Crippen MR) is 77.9 cm³/mol. The lowest BCUT2D eigenvalue weighted by atomic mass is 10.1. The Morgan fingerprint density at radius 1 is 1.11 bits per heavy atom. The number of nitrogens with zero attached hydrogens (tertiary/aromatic N) is 1. The van der Waals surface area contributed by atoms with Gasteiger partial charge in [0, 0.05) is 0 Å². The lowest BCUT2D eigenvalue weighted by molar-refractivity contribution is 0.0497. The average Bonchev–Trinajstić information content (AvgIpc) is 2.36. The highest BCUT2D eigenvalue weighted by atomic mass is 35.5. The van der Waals surface area contributed by atoms with Crippen LogP contribution in [0.1, 0.15) is 55.8 Å². The van der Waals surface area contributed by atoms with E-state index in [1.807, 2.05) is 0 Å². The summed E-state index contributed by atoms with van der Waals surface area (Å²) in [5.41, 5.74) is 0.344. The highest BCUT2D eigenvalue weighted by Crippen LogP contribution is 2.15. The fraction of sp³-hybridized carbons (Fsp3) is 0.571. The molecule has 0 aliphatic rings. The maximum absolute atomic E-state index is 11.7. The molecule has 0 N–H and O–H groups in total. The Bertz CT molecular complexity index is 390. The smallest absolute Gasteiger partial charge is 0.338 e. The van der Waals surface area contributed by atoms with E-state index in [9.17, 15) is 4.79 Å². The number of ether oxygens (including phenoxy) is 1. The molecule has 1 rings (SSSR count). The van der Waals surface area contributed by atoms with E-state index in [4.69, 9.17) is 27.9 Å². The summed E-state index contributed by atoms with van der Waals surface area (Å²) in [6.45, 7) is 2.62. The van der Waals surface area contributed by atoms with Crippen LogP contribution in [0.2, 0.25) is 10.3 Å². The molecule has 0 spiro atoms. The van der Waals surface area contributed by atoms with E-state index in [-0.39, 0.29) is 10.3 Å². The monoisotopic (exact) mass is 303 g/mol. The van der Waals surface area contributed by atoms with Crippen molar-refractivity contribution in [3.8, 4) is 0 Å². The third kappa shape index (κ3) is 6.79. The van der Waals surface area contributed by atoms with Gasteiger partial charge in [-0.1, -0.05) is 62.2 Å². The van der Waals surface area contributed by atoms with Gasteiger partial charge in [0.05, 0.1) is 12.2 Å². The Hall–Kier alpha value is -0.800. The number of hydrogen-bond donors (Lipinski definition) is 0. The first-order valence-corrected chi connectivity index (χ1v) is 7.39. The first-order valence-electron chi connectivity index (χ1n) is 6.63. The van der Waals surface area contributed by atoms with Gasteiger partial charge in [-0.25, -0.2) is 9.78 Å². The average molecular weight is 304 g/mol. The summed E-state index contributed by atoms with van der Waals surface area (Å²) in [6, 6.07) is 2.91. The SMILES string of the molecule is CCCCCCCCOC(=O)c1cc(Cl)nc(Cl)c1. The molecular formula is C14H19Cl2NO2. The molecule has 0 radical (unpaired) electrons. The van der Waals surface area contributed by atoms with Crippen molar-refractivity contribution >= 4 is 29.2 Å². The van der Waals surface area contributed by atoms with Crippen molar-refractivity contribution in [3.63, 3.8) is 0 Å². The molecule has 0 aliphatic carbocycles. The first kappa shape index (κ1) is 16.3. The molecule has 0 bridgehead atoms. The Balaban J connectivity index is 2.24. The van der Waals surface area contributed by atoms with Crippen molar-refractivity contribution in [2.24, 2.45) is 0 Å². The maximum Gasteiger partial charge on any atom is 0.338 e. The van der Waals surface area contributed by atoms with E-state index >= 15 is 0 Å². The quantitative estimate of drug-likeness (QED) is 0.389. The molecule has 0 fully saturated rings. The zero-order chi connectivity index (χ0) is 14.1. The number of halogens is 2. The summed E-state index contributed by atoms with van der Waals surface area (Å²) in [5, 5.41) is 0.387. The van der Waals surface area contributed by atoms with Crippen LogP contribution in [0.4, 0.5) is 0 Å². The molecule has 1 aromatic heterocycles. The van der Waals surface area contributed by atoms with E-state index in [0.717, 1.165) is 12.8 Å². The number of carbonyl (C=O) groups excluding carboxylic acids is 1. The van der Waals surface area contributed by atoms with E-state index in [1.54, 1.807) is 0 Å². The van der Waals surface area contributed by atoms with Gasteiger partial charge in [0.15, 0.2) is 0 Å². The van der Waals surface area contributed by atoms with Gasteiger partial charge in [-0.3, -0.25) is 0 Å². The molecule has 0 saturated heterocycles. The Morgan fingerprint density at radius 2 is 1.68 bits per heavy atom. The van der Waals surface area contributed by atoms with Crippen molar-refractivity contribution in [1.82, 2.24) is 4.98 Å². The van der Waals surface area contributed by atoms with E-state index in [0.29, 0.717) is 12.2 Å². The molecule has 1 heterocycles. The Morgan fingerprint density at radius 3 is 2.32 bits per heavy atom. The van der Waals surface area contributed by atoms with Gasteiger partial charge < -0.3 is 4.74 Å². The van der Waals surface area contributed by atoms with Crippen molar-refractivity contribution < 1.29 is 9.53 Å². The molecule has 0 saturated carbocycles. The molecule has 19 heavy (non-hydrogen) atoms. The summed E-state index contributed by atoms with van der Waals surface area (Å²) in [6.07, 6.45) is 6.93. The Labute approximate surface area is 124 Å². The van der Waals surface area contributed by atoms with Gasteiger partial charge in [0.25, 0.3) is 0 Å². The zero-order valence-corrected chi connectivity index (χ0v) is 12.6. The maximum atomic E-state index is 11.7. The van der Waals surface area contributed by atoms with E-state index in [1.165, 1.54) is 37.8 Å². The second kappa shape index (κ2) is 9.16. The fourth-order valence-corrected chi connectivity index (χ4v) is 2.17. The normalized spacial score (nSPS) is 10.5. The number of carbonyl (C=O) groups is 1. The van der Waals surface area contributed by atoms with Crippen LogP contribution in [-0.2, 0) is 4.74 Å². The molecule has 1 aromatic rings. The van der Waals surface area contributed by atoms with Crippen LogP contribution in [0, 0.1) is 0 Å². The summed E-state index contributed by atoms with van der Waals surface area (Å²) in [5.74, 6) is -0.403. The molecule has 0 atom stereocenters. The molecule has 3 nitrogen and oxygen atoms in total. The number of rotatable bonds is 8. The molecule has 5 heteroatoms. The predicted octanol–water partition coefficient (Wildman–Crippen LogP) is 4.91. The standard InChI is InChI=1S/C14H19Cl2NO2/c1-2-3-4-5-6-7-8-19-14(18)11-9-12(15)17-13(16)10-11/h9-10H,2-8H2,1H3. The van der Waals surface area contributed by atoms with Crippen LogP contribution in [0.25, 0.3) is 0 Å². The highest BCUT2D eigenvalue weighted by Gasteiger charge is 2.09. The number of esters is 1. The highest BCUT2D eigenvalue weighted by molar-refractivity contribution is 6.32. The van der Waals surface area contributed by atoms with Gasteiger partial charge in [-0.15, -0.1) is 0 Å². The van der Waals surface area contributed by atoms with Gasteiger partial charge in [-0.2, -0.15) is 0 Å². The lowest BCUT2D eigenvalue weighted by Crippen LogP contribution is -2.07. The van der Waals surface area contributed by atoms with Crippen LogP contribution in [-0.4, -0.2) is 17.6 Å². The van der Waals surface area contributed by atoms with Crippen LogP contribution in [0.15, 0.2) is 12.1 Å². The Kier molecular flexibility index (Phi) is 7.84. The van der Waals surface area contributed by atoms with Crippen LogP contribution >= 0.6 is 23.2 Å². The third-order valence-electron chi connectivity index (χ3n) is 2.73. The van der Waals surface area contributed by atoms with Gasteiger partial charge >= 0.3 is 5.97 Å². The van der Waals surface area contributed by atoms with Crippen LogP contribution in [0.5, 0.6) is 0 Å². The van der Waals surface area contributed by atoms with Gasteiger partial charge in [0.2, 0.25) is 0 Å². The van der Waals surface area contributed by atoms with Gasteiger partial charge in [-0.05, 0) is 18.6 Å². The summed E-state index contributed by atoms with van der Waals surface area (Å²) in [4.78, 5) is 15.5. The number of hydrogen-bond acceptors (Lipinski definition) is 3. The molecule has 106 valence electrons. The lowest BCUT2D eigenvalue weighted by Gasteiger charge is -2.05. The van der Waals surface area contributed by atoms with E-state index < -0.39 is 5.97 Å². The first-order chi connectivity index (χ1) is 9.13. The number of unbranched alkanes of at least 4 members (excludes halogenated alkanes) is 5. The summed E-state index contributed by atoms with van der Waals surface area (Å²) < 4.78 is 5.16. The van der Waals surface area contributed by atoms with Crippen molar-refractivity contribution in [1.29, 1.82) is 0 Å². The number of pyridine rings is 1. The molecule has 0 unspecified atom stereocenters. The minimum Gasteiger partial charge on any atom is -0.462 e. The fourth-order valence-electron chi connectivity index (χ4n) is 1.71. The summed E-state index contributed by atoms with van der Waals surface area (Å²) >= 11 is 11.4. The third-order valence-corrected chi connectivity index (χ3v) is 3.12. The van der Waals surface area contributed by atoms with Crippen LogP contribution in [0.3, 0.4) is 0 Å². The number of aromatic nitrogens is 1. The molecule has 0 aliphatic heterocycles. The van der Waals surface area contributed by atoms with Crippen LogP contribution < -0.4 is 0 Å². The van der Waals surface area contributed by atoms with Crippen molar-refractivity contribution in [3.05, 3.63) is 28.0 Å². The minimum atomic E-state index is -0.403. The van der Waals surface area contributed by atoms with E-state index in [2.05, 4.69) is 11.9 Å². The topological polar surface area (TPSA) is 39.2 Å². The minimum absolute atomic E-state index is 0.194. The largest absolute Gasteiger partial charge is 0.462 e. The van der Waals surface area contributed by atoms with Crippen molar-refractivity contribution in [2.45, 2.75) is 45.4 Å². The summed E-state index contributed by atoms with van der Waals surface area (Å²) in [7, 11) is 0. The second-order valence-electron chi connectivity index (χ2n) is 4.40. The molecule has 0 amide bonds. The van der Waals surface area contributed by atoms with Gasteiger partial charge in [0.1, 0.15) is 10.3 Å². The second-order valence-corrected chi connectivity index (χ2v) is 5.18. The molecular weight excluding hydrogens is 285 g/mol. The molecule has 0 aromatic carbocycles. The van der Waals surface area contributed by atoms with Crippen molar-refractivity contribution in [2.75, 3.05) is 6.61 Å². The zero-order valence-electron chi connectivity index (χ0n) is 11.1.